The second kappa shape index (κ2) is 7.50. The van der Waals surface area contributed by atoms with E-state index in [1.165, 1.54) is 0 Å². The first kappa shape index (κ1) is 16.8. The van der Waals surface area contributed by atoms with E-state index in [0.29, 0.717) is 25.0 Å². The number of nitrogens with one attached hydrogen (secondary N) is 1. The van der Waals surface area contributed by atoms with Crippen molar-refractivity contribution in [2.75, 3.05) is 19.7 Å². The molecule has 1 saturated heterocycles. The number of nitrogens with zero attached hydrogens (tertiary/aromatic N) is 1. The predicted molar refractivity (Wildman–Crippen MR) is 78.3 cm³/mol. The second-order valence-corrected chi connectivity index (χ2v) is 6.20. The Morgan fingerprint density at radius 3 is 2.40 bits per heavy atom. The molecule has 0 aliphatic carbocycles. The molecular formula is C15H28N2O3. The lowest BCUT2D eigenvalue weighted by atomic mass is 9.85. The number of alkyl carbamates (subject to hydrolysis) is 1. The quantitative estimate of drug-likeness (QED) is 0.861. The molecule has 2 atom stereocenters. The van der Waals surface area contributed by atoms with E-state index in [0.717, 1.165) is 13.0 Å². The molecule has 1 rings (SSSR count). The van der Waals surface area contributed by atoms with Crippen LogP contribution in [0.4, 0.5) is 4.79 Å². The zero-order valence-corrected chi connectivity index (χ0v) is 13.3. The fourth-order valence-electron chi connectivity index (χ4n) is 2.61. The second-order valence-electron chi connectivity index (χ2n) is 6.20. The van der Waals surface area contributed by atoms with Crippen LogP contribution in [0, 0.1) is 17.8 Å². The molecule has 2 amide bonds. The third-order valence-electron chi connectivity index (χ3n) is 3.83. The van der Waals surface area contributed by atoms with Gasteiger partial charge >= 0.3 is 6.09 Å². The molecule has 1 fully saturated rings. The van der Waals surface area contributed by atoms with Gasteiger partial charge in [0.2, 0.25) is 5.91 Å². The summed E-state index contributed by atoms with van der Waals surface area (Å²) in [5.41, 5.74) is 0. The Labute approximate surface area is 122 Å². The number of ether oxygens (including phenoxy) is 1. The van der Waals surface area contributed by atoms with Crippen LogP contribution >= 0.6 is 0 Å². The highest BCUT2D eigenvalue weighted by Gasteiger charge is 2.33. The lowest BCUT2D eigenvalue weighted by molar-refractivity contribution is -0.137. The third kappa shape index (κ3) is 4.69. The zero-order valence-electron chi connectivity index (χ0n) is 13.3. The molecular weight excluding hydrogens is 256 g/mol. The van der Waals surface area contributed by atoms with Gasteiger partial charge in [-0.05, 0) is 25.2 Å². The van der Waals surface area contributed by atoms with Crippen LogP contribution in [0.5, 0.6) is 0 Å². The fourth-order valence-corrected chi connectivity index (χ4v) is 2.61. The van der Waals surface area contributed by atoms with Gasteiger partial charge in [0.15, 0.2) is 0 Å². The Bertz CT molecular complexity index is 342. The van der Waals surface area contributed by atoms with Crippen molar-refractivity contribution in [2.24, 2.45) is 17.8 Å². The van der Waals surface area contributed by atoms with E-state index in [4.69, 9.17) is 4.74 Å². The molecule has 1 aliphatic heterocycles. The van der Waals surface area contributed by atoms with Crippen molar-refractivity contribution >= 4 is 12.0 Å². The maximum absolute atomic E-state index is 12.2. The largest absolute Gasteiger partial charge is 0.450 e. The molecule has 2 unspecified atom stereocenters. The number of amides is 2. The van der Waals surface area contributed by atoms with Gasteiger partial charge in [-0.2, -0.15) is 0 Å². The maximum atomic E-state index is 12.2. The van der Waals surface area contributed by atoms with Crippen molar-refractivity contribution < 1.29 is 14.3 Å². The van der Waals surface area contributed by atoms with Crippen LogP contribution in [0.25, 0.3) is 0 Å². The summed E-state index contributed by atoms with van der Waals surface area (Å²) in [6.07, 6.45) is 0.511. The molecule has 0 bridgehead atoms. The third-order valence-corrected chi connectivity index (χ3v) is 3.83. The van der Waals surface area contributed by atoms with E-state index in [1.807, 2.05) is 18.7 Å². The van der Waals surface area contributed by atoms with Gasteiger partial charge in [-0.3, -0.25) is 4.79 Å². The molecule has 5 heteroatoms. The van der Waals surface area contributed by atoms with Crippen LogP contribution in [-0.2, 0) is 9.53 Å². The van der Waals surface area contributed by atoms with E-state index in [9.17, 15) is 9.59 Å². The summed E-state index contributed by atoms with van der Waals surface area (Å²) in [4.78, 5) is 25.7. The topological polar surface area (TPSA) is 58.6 Å². The van der Waals surface area contributed by atoms with Crippen molar-refractivity contribution in [3.8, 4) is 0 Å². The molecule has 0 spiro atoms. The first-order valence-corrected chi connectivity index (χ1v) is 7.57. The summed E-state index contributed by atoms with van der Waals surface area (Å²) >= 11 is 0. The number of piperidine rings is 1. The van der Waals surface area contributed by atoms with Crippen molar-refractivity contribution in [3.63, 3.8) is 0 Å². The molecule has 20 heavy (non-hydrogen) atoms. The number of rotatable bonds is 4. The van der Waals surface area contributed by atoms with Gasteiger partial charge in [0.05, 0.1) is 12.6 Å². The summed E-state index contributed by atoms with van der Waals surface area (Å²) in [7, 11) is 0. The predicted octanol–water partition coefficient (Wildman–Crippen LogP) is 2.26. The molecule has 0 radical (unpaired) electrons. The number of carbonyl (C=O) groups is 2. The van der Waals surface area contributed by atoms with Gasteiger partial charge in [0.25, 0.3) is 0 Å². The SMILES string of the molecule is CCOC(=O)NC1CC(C(C)C)CN(C(=O)C(C)C)C1. The highest BCUT2D eigenvalue weighted by molar-refractivity contribution is 5.78. The monoisotopic (exact) mass is 284 g/mol. The molecule has 5 nitrogen and oxygen atoms in total. The minimum Gasteiger partial charge on any atom is -0.450 e. The van der Waals surface area contributed by atoms with E-state index < -0.39 is 0 Å². The zero-order chi connectivity index (χ0) is 15.3. The molecule has 0 aromatic carbocycles. The highest BCUT2D eigenvalue weighted by atomic mass is 16.5. The molecule has 0 aromatic heterocycles. The van der Waals surface area contributed by atoms with E-state index in [1.54, 1.807) is 6.92 Å². The number of carbonyl (C=O) groups excluding carboxylic acids is 2. The van der Waals surface area contributed by atoms with Gasteiger partial charge in [-0.25, -0.2) is 4.79 Å². The summed E-state index contributed by atoms with van der Waals surface area (Å²) < 4.78 is 4.93. The van der Waals surface area contributed by atoms with Crippen molar-refractivity contribution in [2.45, 2.75) is 47.1 Å². The van der Waals surface area contributed by atoms with E-state index >= 15 is 0 Å². The maximum Gasteiger partial charge on any atom is 0.407 e. The van der Waals surface area contributed by atoms with Gasteiger partial charge in [0, 0.05) is 19.0 Å². The minimum absolute atomic E-state index is 0.0100. The summed E-state index contributed by atoms with van der Waals surface area (Å²) in [6.45, 7) is 11.7. The highest BCUT2D eigenvalue weighted by Crippen LogP contribution is 2.25. The Hall–Kier alpha value is -1.26. The molecule has 1 aliphatic rings. The standard InChI is InChI=1S/C15H28N2O3/c1-6-20-15(19)16-13-7-12(10(2)3)8-17(9-13)14(18)11(4)5/h10-13H,6-9H2,1-5H3,(H,16,19). The van der Waals surface area contributed by atoms with Crippen LogP contribution in [0.2, 0.25) is 0 Å². The summed E-state index contributed by atoms with van der Waals surface area (Å²) in [5.74, 6) is 1.05. The summed E-state index contributed by atoms with van der Waals surface area (Å²) in [6, 6.07) is -0.0158. The van der Waals surface area contributed by atoms with Crippen molar-refractivity contribution in [3.05, 3.63) is 0 Å². The van der Waals surface area contributed by atoms with Crippen molar-refractivity contribution in [1.82, 2.24) is 10.2 Å². The first-order chi connectivity index (χ1) is 9.35. The van der Waals surface area contributed by atoms with E-state index in [-0.39, 0.29) is 24.0 Å². The molecule has 0 saturated carbocycles. The van der Waals surface area contributed by atoms with Crippen LogP contribution in [-0.4, -0.2) is 42.6 Å². The van der Waals surface area contributed by atoms with Gasteiger partial charge < -0.3 is 15.0 Å². The minimum atomic E-state index is -0.390. The number of likely N-dealkylation sites (tertiary alicyclic amines) is 1. The summed E-state index contributed by atoms with van der Waals surface area (Å²) in [5, 5.41) is 2.87. The van der Waals surface area contributed by atoms with Crippen LogP contribution < -0.4 is 5.32 Å². The van der Waals surface area contributed by atoms with Crippen molar-refractivity contribution in [1.29, 1.82) is 0 Å². The fraction of sp³-hybridized carbons (Fsp3) is 0.867. The van der Waals surface area contributed by atoms with Gasteiger partial charge in [0.1, 0.15) is 0 Å². The smallest absolute Gasteiger partial charge is 0.407 e. The lowest BCUT2D eigenvalue weighted by Gasteiger charge is -2.40. The van der Waals surface area contributed by atoms with Crippen LogP contribution in [0.3, 0.4) is 0 Å². The van der Waals surface area contributed by atoms with Gasteiger partial charge in [-0.1, -0.05) is 27.7 Å². The Morgan fingerprint density at radius 1 is 1.25 bits per heavy atom. The average molecular weight is 284 g/mol. The molecule has 1 heterocycles. The normalized spacial score (nSPS) is 23.1. The van der Waals surface area contributed by atoms with Gasteiger partial charge in [-0.15, -0.1) is 0 Å². The van der Waals surface area contributed by atoms with E-state index in [2.05, 4.69) is 19.2 Å². The Balaban J connectivity index is 2.70. The van der Waals surface area contributed by atoms with Crippen LogP contribution in [0.15, 0.2) is 0 Å². The lowest BCUT2D eigenvalue weighted by Crippen LogP contribution is -2.54. The first-order valence-electron chi connectivity index (χ1n) is 7.57. The molecule has 116 valence electrons. The number of hydrogen-bond acceptors (Lipinski definition) is 3. The Kier molecular flexibility index (Phi) is 6.30. The molecule has 1 N–H and O–H groups in total. The van der Waals surface area contributed by atoms with Crippen LogP contribution in [0.1, 0.15) is 41.0 Å². The number of hydrogen-bond donors (Lipinski definition) is 1. The molecule has 0 aromatic rings. The Morgan fingerprint density at radius 2 is 1.90 bits per heavy atom. The average Bonchev–Trinajstić information content (AvgIpc) is 2.37.